The van der Waals surface area contributed by atoms with Crippen LogP contribution in [0.1, 0.15) is 63.6 Å². The molecule has 0 atom stereocenters. The number of hydrogen-bond acceptors (Lipinski definition) is 6. The molecule has 2 aliphatic heterocycles. The van der Waals surface area contributed by atoms with E-state index in [4.69, 9.17) is 9.72 Å². The number of fused-ring (bicyclic) bond motifs is 1. The monoisotopic (exact) mass is 506 g/mol. The highest BCUT2D eigenvalue weighted by molar-refractivity contribution is 5.78. The molecule has 2 fully saturated rings. The number of halogens is 1. The maximum atomic E-state index is 14.6. The summed E-state index contributed by atoms with van der Waals surface area (Å²) >= 11 is 0. The molecule has 0 bridgehead atoms. The third-order valence-electron chi connectivity index (χ3n) is 7.96. The normalized spacial score (nSPS) is 18.4. The minimum Gasteiger partial charge on any atom is -0.465 e. The second-order valence-corrected chi connectivity index (χ2v) is 10.9. The van der Waals surface area contributed by atoms with Crippen molar-refractivity contribution in [2.45, 2.75) is 64.7 Å². The molecule has 2 aliphatic rings. The summed E-state index contributed by atoms with van der Waals surface area (Å²) in [7, 11) is 0. The highest BCUT2D eigenvalue weighted by Crippen LogP contribution is 2.36. The van der Waals surface area contributed by atoms with Crippen molar-refractivity contribution in [3.05, 3.63) is 60.1 Å². The van der Waals surface area contributed by atoms with Gasteiger partial charge in [-0.1, -0.05) is 12.6 Å². The molecule has 198 valence electrons. The molecule has 0 amide bonds. The van der Waals surface area contributed by atoms with Gasteiger partial charge in [0, 0.05) is 43.5 Å². The first-order valence-electron chi connectivity index (χ1n) is 13.6. The van der Waals surface area contributed by atoms with E-state index in [0.29, 0.717) is 30.1 Å². The summed E-state index contributed by atoms with van der Waals surface area (Å²) in [5.41, 5.74) is 3.57. The van der Waals surface area contributed by atoms with Gasteiger partial charge in [0.05, 0.1) is 23.8 Å². The Hall–Kier alpha value is -3.00. The molecule has 3 aromatic rings. The first-order valence-corrected chi connectivity index (χ1v) is 13.6. The van der Waals surface area contributed by atoms with E-state index in [-0.39, 0.29) is 0 Å². The van der Waals surface area contributed by atoms with Crippen LogP contribution in [0.25, 0.3) is 11.0 Å². The zero-order valence-corrected chi connectivity index (χ0v) is 22.4. The standard InChI is InChI=1S/C29H39FN6O/c1-5-37-28-33-26-18-24(29(3,4)30)6-7-27(26)36(28)25-11-16-35(17-12-25)21(2)23-9-14-34(15-10-23)20-22-8-13-31-32-19-22/h6-8,13,18-19,23,25H,2,5,9-12,14-17,20H2,1,3-4H3. The van der Waals surface area contributed by atoms with Crippen molar-refractivity contribution in [2.24, 2.45) is 5.92 Å². The average molecular weight is 507 g/mol. The van der Waals surface area contributed by atoms with Crippen molar-refractivity contribution in [3.8, 4) is 6.01 Å². The number of hydrogen-bond donors (Lipinski definition) is 0. The number of likely N-dealkylation sites (tertiary alicyclic amines) is 2. The van der Waals surface area contributed by atoms with E-state index in [0.717, 1.165) is 69.4 Å². The number of benzene rings is 1. The Morgan fingerprint density at radius 3 is 2.49 bits per heavy atom. The Balaban J connectivity index is 1.21. The molecular weight excluding hydrogens is 467 g/mol. The summed E-state index contributed by atoms with van der Waals surface area (Å²) in [6, 6.07) is 8.73. The van der Waals surface area contributed by atoms with Crippen LogP contribution in [0.3, 0.4) is 0 Å². The molecule has 4 heterocycles. The van der Waals surface area contributed by atoms with E-state index < -0.39 is 5.67 Å². The topological polar surface area (TPSA) is 59.3 Å². The Labute approximate surface area is 219 Å². The van der Waals surface area contributed by atoms with Crippen LogP contribution in [0.4, 0.5) is 4.39 Å². The molecule has 8 heteroatoms. The number of aromatic nitrogens is 4. The Morgan fingerprint density at radius 1 is 1.08 bits per heavy atom. The summed E-state index contributed by atoms with van der Waals surface area (Å²) < 4.78 is 22.7. The summed E-state index contributed by atoms with van der Waals surface area (Å²) in [6.45, 7) is 15.3. The van der Waals surface area contributed by atoms with E-state index in [2.05, 4.69) is 31.1 Å². The Morgan fingerprint density at radius 2 is 1.84 bits per heavy atom. The van der Waals surface area contributed by atoms with Gasteiger partial charge in [0.2, 0.25) is 0 Å². The van der Waals surface area contributed by atoms with Crippen LogP contribution in [-0.2, 0) is 12.2 Å². The highest BCUT2D eigenvalue weighted by Gasteiger charge is 2.30. The predicted octanol–water partition coefficient (Wildman–Crippen LogP) is 5.49. The molecule has 0 N–H and O–H groups in total. The quantitative estimate of drug-likeness (QED) is 0.403. The van der Waals surface area contributed by atoms with Crippen LogP contribution in [0.5, 0.6) is 6.01 Å². The second kappa shape index (κ2) is 10.8. The van der Waals surface area contributed by atoms with Gasteiger partial charge in [-0.3, -0.25) is 9.47 Å². The summed E-state index contributed by atoms with van der Waals surface area (Å²) in [5.74, 6) is 0.541. The minimum atomic E-state index is -1.40. The lowest BCUT2D eigenvalue weighted by molar-refractivity contribution is 0.152. The van der Waals surface area contributed by atoms with Gasteiger partial charge in [-0.15, -0.1) is 0 Å². The number of imidazole rings is 1. The van der Waals surface area contributed by atoms with Crippen molar-refractivity contribution in [3.63, 3.8) is 0 Å². The fourth-order valence-corrected chi connectivity index (χ4v) is 5.79. The molecular formula is C29H39FN6O. The summed E-state index contributed by atoms with van der Waals surface area (Å²) in [4.78, 5) is 9.74. The number of allylic oxidation sites excluding steroid dienone is 1. The van der Waals surface area contributed by atoms with Gasteiger partial charge in [-0.2, -0.15) is 15.2 Å². The average Bonchev–Trinajstić information content (AvgIpc) is 3.26. The minimum absolute atomic E-state index is 0.302. The summed E-state index contributed by atoms with van der Waals surface area (Å²) in [6.07, 6.45) is 7.93. The molecule has 2 aromatic heterocycles. The van der Waals surface area contributed by atoms with Crippen molar-refractivity contribution in [2.75, 3.05) is 32.8 Å². The van der Waals surface area contributed by atoms with E-state index >= 15 is 0 Å². The SMILES string of the molecule is C=C(C1CCN(Cc2ccnnc2)CC1)N1CCC(n2c(OCC)nc3cc(C(C)(C)F)ccc32)CC1. The van der Waals surface area contributed by atoms with Gasteiger partial charge in [-0.05, 0) is 88.9 Å². The second-order valence-electron chi connectivity index (χ2n) is 10.9. The van der Waals surface area contributed by atoms with Crippen molar-refractivity contribution >= 4 is 11.0 Å². The van der Waals surface area contributed by atoms with Crippen LogP contribution in [-0.4, -0.2) is 62.3 Å². The lowest BCUT2D eigenvalue weighted by Gasteiger charge is -2.40. The van der Waals surface area contributed by atoms with Gasteiger partial charge in [-0.25, -0.2) is 4.39 Å². The molecule has 1 aromatic carbocycles. The van der Waals surface area contributed by atoms with E-state index in [1.54, 1.807) is 20.0 Å². The van der Waals surface area contributed by atoms with Crippen LogP contribution in [0.15, 0.2) is 48.9 Å². The van der Waals surface area contributed by atoms with E-state index in [1.165, 1.54) is 11.3 Å². The maximum Gasteiger partial charge on any atom is 0.297 e. The first-order chi connectivity index (χ1) is 17.8. The van der Waals surface area contributed by atoms with Crippen LogP contribution in [0.2, 0.25) is 0 Å². The van der Waals surface area contributed by atoms with Gasteiger partial charge >= 0.3 is 0 Å². The first kappa shape index (κ1) is 25.6. The van der Waals surface area contributed by atoms with Crippen molar-refractivity contribution < 1.29 is 9.13 Å². The van der Waals surface area contributed by atoms with Crippen LogP contribution >= 0.6 is 0 Å². The number of nitrogens with zero attached hydrogens (tertiary/aromatic N) is 6. The summed E-state index contributed by atoms with van der Waals surface area (Å²) in [5, 5.41) is 7.88. The number of piperidine rings is 2. The molecule has 0 spiro atoms. The fraction of sp³-hybridized carbons (Fsp3) is 0.552. The highest BCUT2D eigenvalue weighted by atomic mass is 19.1. The molecule has 0 saturated carbocycles. The molecule has 0 aliphatic carbocycles. The molecule has 7 nitrogen and oxygen atoms in total. The zero-order chi connectivity index (χ0) is 26.0. The van der Waals surface area contributed by atoms with Crippen molar-refractivity contribution in [1.82, 2.24) is 29.5 Å². The van der Waals surface area contributed by atoms with Crippen LogP contribution < -0.4 is 4.74 Å². The van der Waals surface area contributed by atoms with Gasteiger partial charge in [0.25, 0.3) is 6.01 Å². The lowest BCUT2D eigenvalue weighted by atomic mass is 9.91. The molecule has 5 rings (SSSR count). The van der Waals surface area contributed by atoms with E-state index in [1.807, 2.05) is 37.4 Å². The van der Waals surface area contributed by atoms with Gasteiger partial charge in [0.1, 0.15) is 5.67 Å². The zero-order valence-electron chi connectivity index (χ0n) is 22.4. The number of rotatable bonds is 8. The van der Waals surface area contributed by atoms with Gasteiger partial charge < -0.3 is 9.64 Å². The van der Waals surface area contributed by atoms with Crippen LogP contribution in [0, 0.1) is 5.92 Å². The fourth-order valence-electron chi connectivity index (χ4n) is 5.79. The third-order valence-corrected chi connectivity index (χ3v) is 7.96. The largest absolute Gasteiger partial charge is 0.465 e. The molecule has 0 unspecified atom stereocenters. The molecule has 37 heavy (non-hydrogen) atoms. The lowest BCUT2D eigenvalue weighted by Crippen LogP contribution is -2.40. The predicted molar refractivity (Wildman–Crippen MR) is 144 cm³/mol. The Kier molecular flexibility index (Phi) is 7.47. The van der Waals surface area contributed by atoms with E-state index in [9.17, 15) is 4.39 Å². The molecule has 0 radical (unpaired) electrons. The van der Waals surface area contributed by atoms with Crippen molar-refractivity contribution in [1.29, 1.82) is 0 Å². The third kappa shape index (κ3) is 5.64. The number of ether oxygens (including phenoxy) is 1. The number of alkyl halides is 1. The van der Waals surface area contributed by atoms with Gasteiger partial charge in [0.15, 0.2) is 0 Å². The maximum absolute atomic E-state index is 14.6. The smallest absolute Gasteiger partial charge is 0.297 e. The molecule has 2 saturated heterocycles. The Bertz CT molecular complexity index is 1200.